The molecule has 90 valence electrons. The molecule has 0 spiro atoms. The number of aromatic amines is 1. The normalized spacial score (nSPS) is 11.3. The minimum atomic E-state index is 0.362. The van der Waals surface area contributed by atoms with Crippen LogP contribution in [-0.4, -0.2) is 15.2 Å². The molecule has 0 bridgehead atoms. The molecule has 0 fully saturated rings. The number of hydrogen-bond donors (Lipinski definition) is 1. The van der Waals surface area contributed by atoms with Crippen molar-refractivity contribution in [2.45, 2.75) is 19.8 Å². The summed E-state index contributed by atoms with van der Waals surface area (Å²) in [6.45, 7) is 4.21. The second kappa shape index (κ2) is 4.26. The fraction of sp³-hybridized carbons (Fsp3) is 0.200. The Bertz CT molecular complexity index is 678. The SMILES string of the molecule is CC(C)c1nc(-c2cccc3ccccc23)n[nH]1. The smallest absolute Gasteiger partial charge is 0.181 e. The third-order valence-electron chi connectivity index (χ3n) is 3.08. The van der Waals surface area contributed by atoms with Gasteiger partial charge >= 0.3 is 0 Å². The van der Waals surface area contributed by atoms with Gasteiger partial charge in [0.25, 0.3) is 0 Å². The standard InChI is InChI=1S/C15H15N3/c1-10(2)14-16-15(18-17-14)13-9-5-7-11-6-3-4-8-12(11)13/h3-10H,1-2H3,(H,16,17,18). The lowest BCUT2D eigenvalue weighted by molar-refractivity contribution is 0.781. The maximum atomic E-state index is 4.56. The van der Waals surface area contributed by atoms with Gasteiger partial charge in [-0.1, -0.05) is 56.3 Å². The second-order valence-corrected chi connectivity index (χ2v) is 4.73. The average molecular weight is 237 g/mol. The number of aromatic nitrogens is 3. The van der Waals surface area contributed by atoms with Gasteiger partial charge in [-0.05, 0) is 10.8 Å². The Kier molecular flexibility index (Phi) is 2.59. The highest BCUT2D eigenvalue weighted by molar-refractivity contribution is 5.94. The van der Waals surface area contributed by atoms with E-state index in [9.17, 15) is 0 Å². The number of H-pyrrole nitrogens is 1. The van der Waals surface area contributed by atoms with E-state index < -0.39 is 0 Å². The van der Waals surface area contributed by atoms with Crippen LogP contribution in [0.1, 0.15) is 25.6 Å². The first-order chi connectivity index (χ1) is 8.75. The second-order valence-electron chi connectivity index (χ2n) is 4.73. The topological polar surface area (TPSA) is 41.6 Å². The minimum Gasteiger partial charge on any atom is -0.262 e. The third-order valence-corrected chi connectivity index (χ3v) is 3.08. The molecule has 0 radical (unpaired) electrons. The zero-order valence-corrected chi connectivity index (χ0v) is 10.5. The van der Waals surface area contributed by atoms with Crippen LogP contribution in [0.5, 0.6) is 0 Å². The summed E-state index contributed by atoms with van der Waals surface area (Å²) < 4.78 is 0. The van der Waals surface area contributed by atoms with Crippen LogP contribution in [-0.2, 0) is 0 Å². The first-order valence-corrected chi connectivity index (χ1v) is 6.16. The summed E-state index contributed by atoms with van der Waals surface area (Å²) in [5.41, 5.74) is 1.08. The number of fused-ring (bicyclic) bond motifs is 1. The van der Waals surface area contributed by atoms with E-state index in [0.717, 1.165) is 17.2 Å². The molecule has 1 aromatic heterocycles. The molecule has 18 heavy (non-hydrogen) atoms. The van der Waals surface area contributed by atoms with Gasteiger partial charge in [0.1, 0.15) is 5.82 Å². The molecule has 0 aliphatic heterocycles. The Morgan fingerprint density at radius 3 is 2.56 bits per heavy atom. The minimum absolute atomic E-state index is 0.362. The lowest BCUT2D eigenvalue weighted by atomic mass is 10.0. The highest BCUT2D eigenvalue weighted by Crippen LogP contribution is 2.26. The van der Waals surface area contributed by atoms with Crippen LogP contribution >= 0.6 is 0 Å². The largest absolute Gasteiger partial charge is 0.262 e. The van der Waals surface area contributed by atoms with Crippen molar-refractivity contribution in [1.82, 2.24) is 15.2 Å². The van der Waals surface area contributed by atoms with Gasteiger partial charge in [-0.15, -0.1) is 0 Å². The average Bonchev–Trinajstić information content (AvgIpc) is 2.87. The predicted octanol–water partition coefficient (Wildman–Crippen LogP) is 3.75. The van der Waals surface area contributed by atoms with Crippen molar-refractivity contribution in [3.8, 4) is 11.4 Å². The van der Waals surface area contributed by atoms with Crippen LogP contribution in [0.2, 0.25) is 0 Å². The molecule has 0 amide bonds. The van der Waals surface area contributed by atoms with E-state index >= 15 is 0 Å². The first kappa shape index (κ1) is 11.0. The number of nitrogens with one attached hydrogen (secondary N) is 1. The molecule has 1 heterocycles. The van der Waals surface area contributed by atoms with E-state index in [1.54, 1.807) is 0 Å². The van der Waals surface area contributed by atoms with Crippen molar-refractivity contribution < 1.29 is 0 Å². The monoisotopic (exact) mass is 237 g/mol. The molecule has 3 heteroatoms. The van der Waals surface area contributed by atoms with E-state index in [-0.39, 0.29) is 0 Å². The van der Waals surface area contributed by atoms with Crippen LogP contribution in [0.4, 0.5) is 0 Å². The van der Waals surface area contributed by atoms with Crippen LogP contribution in [0, 0.1) is 0 Å². The molecular weight excluding hydrogens is 222 g/mol. The Balaban J connectivity index is 2.18. The van der Waals surface area contributed by atoms with Gasteiger partial charge in [0.2, 0.25) is 0 Å². The molecule has 3 nitrogen and oxygen atoms in total. The van der Waals surface area contributed by atoms with Crippen molar-refractivity contribution in [2.75, 3.05) is 0 Å². The van der Waals surface area contributed by atoms with E-state index in [4.69, 9.17) is 0 Å². The lowest BCUT2D eigenvalue weighted by Crippen LogP contribution is -1.89. The van der Waals surface area contributed by atoms with Crippen molar-refractivity contribution >= 4 is 10.8 Å². The molecule has 0 aliphatic rings. The molecule has 0 saturated carbocycles. The Labute approximate surface area is 106 Å². The number of rotatable bonds is 2. The molecule has 2 aromatic carbocycles. The summed E-state index contributed by atoms with van der Waals surface area (Å²) in [7, 11) is 0. The fourth-order valence-corrected chi connectivity index (χ4v) is 2.07. The summed E-state index contributed by atoms with van der Waals surface area (Å²) in [4.78, 5) is 4.56. The van der Waals surface area contributed by atoms with E-state index in [2.05, 4.69) is 53.3 Å². The number of hydrogen-bond acceptors (Lipinski definition) is 2. The zero-order chi connectivity index (χ0) is 12.5. The van der Waals surface area contributed by atoms with Crippen molar-refractivity contribution in [3.05, 3.63) is 48.3 Å². The third kappa shape index (κ3) is 1.78. The quantitative estimate of drug-likeness (QED) is 0.737. The van der Waals surface area contributed by atoms with Gasteiger partial charge in [0.15, 0.2) is 5.82 Å². The highest BCUT2D eigenvalue weighted by atomic mass is 15.2. The van der Waals surface area contributed by atoms with Gasteiger partial charge in [-0.3, -0.25) is 5.10 Å². The Hall–Kier alpha value is -2.16. The summed E-state index contributed by atoms with van der Waals surface area (Å²) in [5.74, 6) is 2.06. The van der Waals surface area contributed by atoms with Crippen molar-refractivity contribution in [3.63, 3.8) is 0 Å². The maximum Gasteiger partial charge on any atom is 0.181 e. The van der Waals surface area contributed by atoms with Gasteiger partial charge in [-0.2, -0.15) is 5.10 Å². The van der Waals surface area contributed by atoms with Crippen molar-refractivity contribution in [2.24, 2.45) is 0 Å². The molecule has 1 N–H and O–H groups in total. The molecule has 0 saturated heterocycles. The van der Waals surface area contributed by atoms with E-state index in [0.29, 0.717) is 5.92 Å². The predicted molar refractivity (Wildman–Crippen MR) is 73.4 cm³/mol. The van der Waals surface area contributed by atoms with Crippen LogP contribution in [0.3, 0.4) is 0 Å². The molecule has 0 atom stereocenters. The number of benzene rings is 2. The Morgan fingerprint density at radius 1 is 1.00 bits per heavy atom. The van der Waals surface area contributed by atoms with Gasteiger partial charge in [0.05, 0.1) is 0 Å². The summed E-state index contributed by atoms with van der Waals surface area (Å²) >= 11 is 0. The zero-order valence-electron chi connectivity index (χ0n) is 10.5. The van der Waals surface area contributed by atoms with Crippen molar-refractivity contribution in [1.29, 1.82) is 0 Å². The van der Waals surface area contributed by atoms with Gasteiger partial charge < -0.3 is 0 Å². The summed E-state index contributed by atoms with van der Waals surface area (Å²) in [6, 6.07) is 14.5. The van der Waals surface area contributed by atoms with Gasteiger partial charge in [-0.25, -0.2) is 4.98 Å². The highest BCUT2D eigenvalue weighted by Gasteiger charge is 2.10. The molecule has 0 aliphatic carbocycles. The molecule has 3 aromatic rings. The molecular formula is C15H15N3. The Morgan fingerprint density at radius 2 is 1.78 bits per heavy atom. The van der Waals surface area contributed by atoms with Crippen LogP contribution in [0.25, 0.3) is 22.2 Å². The van der Waals surface area contributed by atoms with Gasteiger partial charge in [0, 0.05) is 11.5 Å². The molecule has 3 rings (SSSR count). The van der Waals surface area contributed by atoms with Crippen LogP contribution < -0.4 is 0 Å². The molecule has 0 unspecified atom stereocenters. The number of nitrogens with zero attached hydrogens (tertiary/aromatic N) is 2. The maximum absolute atomic E-state index is 4.56. The first-order valence-electron chi connectivity index (χ1n) is 6.16. The summed E-state index contributed by atoms with van der Waals surface area (Å²) in [6.07, 6.45) is 0. The summed E-state index contributed by atoms with van der Waals surface area (Å²) in [5, 5.41) is 9.73. The van der Waals surface area contributed by atoms with Crippen LogP contribution in [0.15, 0.2) is 42.5 Å². The lowest BCUT2D eigenvalue weighted by Gasteiger charge is -2.02. The van der Waals surface area contributed by atoms with E-state index in [1.807, 2.05) is 18.2 Å². The fourth-order valence-electron chi connectivity index (χ4n) is 2.07. The van der Waals surface area contributed by atoms with E-state index in [1.165, 1.54) is 10.8 Å².